The Balaban J connectivity index is 1.99. The lowest BCUT2D eigenvalue weighted by Crippen LogP contribution is -2.37. The van der Waals surface area contributed by atoms with Crippen molar-refractivity contribution in [2.75, 3.05) is 6.54 Å². The molecule has 102 valence electrons. The summed E-state index contributed by atoms with van der Waals surface area (Å²) < 4.78 is 5.21. The van der Waals surface area contributed by atoms with E-state index in [0.717, 1.165) is 6.54 Å². The van der Waals surface area contributed by atoms with E-state index < -0.39 is 0 Å². The van der Waals surface area contributed by atoms with Crippen molar-refractivity contribution in [3.63, 3.8) is 0 Å². The largest absolute Gasteiger partial charge is 0.339 e. The van der Waals surface area contributed by atoms with E-state index in [-0.39, 0.29) is 5.54 Å². The van der Waals surface area contributed by atoms with Crippen LogP contribution in [0.15, 0.2) is 16.8 Å². The maximum Gasteiger partial charge on any atom is 0.228 e. The molecule has 19 heavy (non-hydrogen) atoms. The highest BCUT2D eigenvalue weighted by molar-refractivity contribution is 5.46. The Morgan fingerprint density at radius 3 is 2.74 bits per heavy atom. The van der Waals surface area contributed by atoms with Crippen LogP contribution in [0.1, 0.15) is 32.5 Å². The molecular formula is C13H19N5O. The molecule has 0 aromatic carbocycles. The van der Waals surface area contributed by atoms with Crippen molar-refractivity contribution in [3.05, 3.63) is 24.0 Å². The van der Waals surface area contributed by atoms with Gasteiger partial charge in [0.25, 0.3) is 0 Å². The van der Waals surface area contributed by atoms with E-state index in [9.17, 15) is 0 Å². The van der Waals surface area contributed by atoms with Crippen LogP contribution in [-0.4, -0.2) is 32.2 Å². The monoisotopic (exact) mass is 261 g/mol. The molecule has 0 bridgehead atoms. The molecule has 0 saturated heterocycles. The normalized spacial score (nSPS) is 11.8. The molecule has 2 rings (SSSR count). The van der Waals surface area contributed by atoms with E-state index in [4.69, 9.17) is 4.52 Å². The van der Waals surface area contributed by atoms with E-state index in [1.807, 2.05) is 6.92 Å². The molecule has 6 nitrogen and oxygen atoms in total. The standard InChI is InChI=1S/C13H19N5O/c1-9-14-7-5-10(16-9)12-17-11(19-18-12)6-8-15-13(2,3)4/h5,7,15H,6,8H2,1-4H3. The van der Waals surface area contributed by atoms with Gasteiger partial charge in [0.2, 0.25) is 11.7 Å². The topological polar surface area (TPSA) is 76.7 Å². The fourth-order valence-corrected chi connectivity index (χ4v) is 1.59. The summed E-state index contributed by atoms with van der Waals surface area (Å²) in [4.78, 5) is 12.6. The highest BCUT2D eigenvalue weighted by Crippen LogP contribution is 2.12. The van der Waals surface area contributed by atoms with Gasteiger partial charge in [0.15, 0.2) is 0 Å². The predicted octanol–water partition coefficient (Wildman–Crippen LogP) is 1.77. The smallest absolute Gasteiger partial charge is 0.228 e. The first kappa shape index (κ1) is 13.6. The van der Waals surface area contributed by atoms with Crippen LogP contribution in [0.3, 0.4) is 0 Å². The van der Waals surface area contributed by atoms with Crippen molar-refractivity contribution in [1.29, 1.82) is 0 Å². The van der Waals surface area contributed by atoms with Crippen LogP contribution >= 0.6 is 0 Å². The summed E-state index contributed by atoms with van der Waals surface area (Å²) >= 11 is 0. The van der Waals surface area contributed by atoms with Gasteiger partial charge in [-0.05, 0) is 33.8 Å². The molecule has 6 heteroatoms. The second kappa shape index (κ2) is 5.44. The SMILES string of the molecule is Cc1nccc(-c2noc(CCNC(C)(C)C)n2)n1. The first-order chi connectivity index (χ1) is 8.94. The van der Waals surface area contributed by atoms with Gasteiger partial charge < -0.3 is 9.84 Å². The Labute approximate surface area is 112 Å². The van der Waals surface area contributed by atoms with Crippen molar-refractivity contribution in [1.82, 2.24) is 25.4 Å². The molecule has 0 atom stereocenters. The zero-order valence-electron chi connectivity index (χ0n) is 11.8. The van der Waals surface area contributed by atoms with Crippen molar-refractivity contribution in [2.45, 2.75) is 39.7 Å². The molecular weight excluding hydrogens is 242 g/mol. The third-order valence-corrected chi connectivity index (χ3v) is 2.47. The first-order valence-corrected chi connectivity index (χ1v) is 6.32. The second-order valence-electron chi connectivity index (χ2n) is 5.43. The average molecular weight is 261 g/mol. The molecule has 2 aromatic rings. The van der Waals surface area contributed by atoms with Gasteiger partial charge in [0, 0.05) is 24.7 Å². The second-order valence-corrected chi connectivity index (χ2v) is 5.43. The summed E-state index contributed by atoms with van der Waals surface area (Å²) in [5.41, 5.74) is 0.776. The Kier molecular flexibility index (Phi) is 3.90. The average Bonchev–Trinajstić information content (AvgIpc) is 2.76. The summed E-state index contributed by atoms with van der Waals surface area (Å²) in [6.45, 7) is 8.99. The number of aryl methyl sites for hydroxylation is 1. The Hall–Kier alpha value is -1.82. The van der Waals surface area contributed by atoms with Gasteiger partial charge in [-0.1, -0.05) is 5.16 Å². The molecule has 0 amide bonds. The Morgan fingerprint density at radius 2 is 2.05 bits per heavy atom. The minimum atomic E-state index is 0.0899. The lowest BCUT2D eigenvalue weighted by atomic mass is 10.1. The number of hydrogen-bond acceptors (Lipinski definition) is 6. The van der Waals surface area contributed by atoms with Gasteiger partial charge in [-0.3, -0.25) is 0 Å². The Morgan fingerprint density at radius 1 is 1.26 bits per heavy atom. The molecule has 0 saturated carbocycles. The van der Waals surface area contributed by atoms with Crippen LogP contribution in [0, 0.1) is 6.92 Å². The summed E-state index contributed by atoms with van der Waals surface area (Å²) in [6.07, 6.45) is 2.39. The summed E-state index contributed by atoms with van der Waals surface area (Å²) in [7, 11) is 0. The van der Waals surface area contributed by atoms with Crippen LogP contribution < -0.4 is 5.32 Å². The number of aromatic nitrogens is 4. The highest BCUT2D eigenvalue weighted by atomic mass is 16.5. The van der Waals surface area contributed by atoms with Gasteiger partial charge >= 0.3 is 0 Å². The van der Waals surface area contributed by atoms with E-state index >= 15 is 0 Å². The minimum Gasteiger partial charge on any atom is -0.339 e. The minimum absolute atomic E-state index is 0.0899. The van der Waals surface area contributed by atoms with Gasteiger partial charge in [-0.25, -0.2) is 9.97 Å². The fourth-order valence-electron chi connectivity index (χ4n) is 1.59. The Bertz CT molecular complexity index is 544. The number of hydrogen-bond donors (Lipinski definition) is 1. The molecule has 1 N–H and O–H groups in total. The zero-order chi connectivity index (χ0) is 13.9. The predicted molar refractivity (Wildman–Crippen MR) is 71.5 cm³/mol. The molecule has 0 fully saturated rings. The third-order valence-electron chi connectivity index (χ3n) is 2.47. The zero-order valence-corrected chi connectivity index (χ0v) is 11.8. The van der Waals surface area contributed by atoms with E-state index in [0.29, 0.717) is 29.7 Å². The van der Waals surface area contributed by atoms with Gasteiger partial charge in [0.05, 0.1) is 0 Å². The van der Waals surface area contributed by atoms with E-state index in [2.05, 4.69) is 46.2 Å². The number of nitrogens with one attached hydrogen (secondary N) is 1. The molecule has 0 aliphatic carbocycles. The van der Waals surface area contributed by atoms with Crippen LogP contribution in [0.25, 0.3) is 11.5 Å². The molecule has 0 aliphatic rings. The van der Waals surface area contributed by atoms with Crippen LogP contribution in [-0.2, 0) is 6.42 Å². The van der Waals surface area contributed by atoms with Crippen LogP contribution in [0.2, 0.25) is 0 Å². The third kappa shape index (κ3) is 4.10. The van der Waals surface area contributed by atoms with Crippen LogP contribution in [0.5, 0.6) is 0 Å². The van der Waals surface area contributed by atoms with Crippen molar-refractivity contribution >= 4 is 0 Å². The van der Waals surface area contributed by atoms with Crippen molar-refractivity contribution < 1.29 is 4.52 Å². The number of nitrogens with zero attached hydrogens (tertiary/aromatic N) is 4. The maximum absolute atomic E-state index is 5.21. The summed E-state index contributed by atoms with van der Waals surface area (Å²) in [5.74, 6) is 1.82. The van der Waals surface area contributed by atoms with Gasteiger partial charge in [-0.15, -0.1) is 0 Å². The molecule has 0 radical (unpaired) electrons. The van der Waals surface area contributed by atoms with Crippen LogP contribution in [0.4, 0.5) is 0 Å². The summed E-state index contributed by atoms with van der Waals surface area (Å²) in [6, 6.07) is 1.77. The molecule has 2 heterocycles. The fraction of sp³-hybridized carbons (Fsp3) is 0.538. The lowest BCUT2D eigenvalue weighted by Gasteiger charge is -2.19. The van der Waals surface area contributed by atoms with Crippen molar-refractivity contribution in [2.24, 2.45) is 0 Å². The van der Waals surface area contributed by atoms with E-state index in [1.165, 1.54) is 0 Å². The molecule has 0 unspecified atom stereocenters. The first-order valence-electron chi connectivity index (χ1n) is 6.32. The molecule has 2 aromatic heterocycles. The van der Waals surface area contributed by atoms with Gasteiger partial charge in [0.1, 0.15) is 11.5 Å². The summed E-state index contributed by atoms with van der Waals surface area (Å²) in [5, 5.41) is 7.31. The lowest BCUT2D eigenvalue weighted by molar-refractivity contribution is 0.362. The molecule has 0 spiro atoms. The molecule has 0 aliphatic heterocycles. The van der Waals surface area contributed by atoms with Crippen molar-refractivity contribution in [3.8, 4) is 11.5 Å². The maximum atomic E-state index is 5.21. The highest BCUT2D eigenvalue weighted by Gasteiger charge is 2.12. The quantitative estimate of drug-likeness (QED) is 0.903. The van der Waals surface area contributed by atoms with Gasteiger partial charge in [-0.2, -0.15) is 4.98 Å². The van der Waals surface area contributed by atoms with E-state index in [1.54, 1.807) is 12.3 Å². The number of rotatable bonds is 4.